The molecule has 0 unspecified atom stereocenters. The van der Waals surface area contributed by atoms with Gasteiger partial charge in [0.2, 0.25) is 0 Å². The number of rotatable bonds is 7. The molecule has 1 N–H and O–H groups in total. The summed E-state index contributed by atoms with van der Waals surface area (Å²) in [6.07, 6.45) is 1.02. The van der Waals surface area contributed by atoms with E-state index in [1.807, 2.05) is 11.8 Å². The van der Waals surface area contributed by atoms with E-state index in [9.17, 15) is 0 Å². The Kier molecular flexibility index (Phi) is 6.52. The van der Waals surface area contributed by atoms with Crippen LogP contribution in [0.25, 0.3) is 0 Å². The van der Waals surface area contributed by atoms with Crippen molar-refractivity contribution >= 4 is 11.8 Å². The monoisotopic (exact) mass is 253 g/mol. The van der Waals surface area contributed by atoms with Gasteiger partial charge in [0.1, 0.15) is 5.82 Å². The zero-order chi connectivity index (χ0) is 12.7. The molecule has 0 saturated heterocycles. The number of aromatic nitrogens is 2. The van der Waals surface area contributed by atoms with Crippen LogP contribution in [0.4, 0.5) is 0 Å². The van der Waals surface area contributed by atoms with Crippen molar-refractivity contribution in [3.8, 4) is 0 Å². The fourth-order valence-electron chi connectivity index (χ4n) is 1.82. The van der Waals surface area contributed by atoms with Gasteiger partial charge >= 0.3 is 0 Å². The van der Waals surface area contributed by atoms with Gasteiger partial charge in [-0.05, 0) is 44.7 Å². The molecule has 17 heavy (non-hydrogen) atoms. The molecule has 4 heteroatoms. The van der Waals surface area contributed by atoms with E-state index in [0.717, 1.165) is 48.2 Å². The van der Waals surface area contributed by atoms with Gasteiger partial charge in [-0.15, -0.1) is 0 Å². The zero-order valence-corrected chi connectivity index (χ0v) is 12.2. The van der Waals surface area contributed by atoms with Crippen molar-refractivity contribution in [1.82, 2.24) is 15.3 Å². The molecule has 3 nitrogen and oxygen atoms in total. The average Bonchev–Trinajstić information content (AvgIpc) is 2.30. The van der Waals surface area contributed by atoms with Crippen LogP contribution in [0.15, 0.2) is 0 Å². The standard InChI is InChI=1S/C13H23N3S/c1-5-14-8-7-12-10(3)15-13(9-17-6-2)16-11(12)4/h14H,5-9H2,1-4H3. The Morgan fingerprint density at radius 3 is 2.29 bits per heavy atom. The lowest BCUT2D eigenvalue weighted by Crippen LogP contribution is -2.18. The van der Waals surface area contributed by atoms with E-state index in [-0.39, 0.29) is 0 Å². The second kappa shape index (κ2) is 7.67. The molecule has 1 heterocycles. The van der Waals surface area contributed by atoms with Gasteiger partial charge in [0.15, 0.2) is 0 Å². The average molecular weight is 253 g/mol. The summed E-state index contributed by atoms with van der Waals surface area (Å²) >= 11 is 1.87. The molecule has 0 atom stereocenters. The highest BCUT2D eigenvalue weighted by molar-refractivity contribution is 7.98. The molecule has 0 saturated carbocycles. The number of hydrogen-bond donors (Lipinski definition) is 1. The first-order valence-corrected chi connectivity index (χ1v) is 7.45. The minimum absolute atomic E-state index is 0.922. The summed E-state index contributed by atoms with van der Waals surface area (Å²) in [5, 5.41) is 3.34. The zero-order valence-electron chi connectivity index (χ0n) is 11.3. The third-order valence-corrected chi connectivity index (χ3v) is 3.57. The van der Waals surface area contributed by atoms with Gasteiger partial charge in [-0.1, -0.05) is 13.8 Å². The van der Waals surface area contributed by atoms with Crippen LogP contribution in [0.3, 0.4) is 0 Å². The Bertz CT molecular complexity index is 330. The first kappa shape index (κ1) is 14.5. The van der Waals surface area contributed by atoms with E-state index in [2.05, 4.69) is 43.0 Å². The van der Waals surface area contributed by atoms with Crippen LogP contribution in [0.2, 0.25) is 0 Å². The Hall–Kier alpha value is -0.610. The van der Waals surface area contributed by atoms with Crippen molar-refractivity contribution in [1.29, 1.82) is 0 Å². The number of aryl methyl sites for hydroxylation is 2. The van der Waals surface area contributed by atoms with Crippen molar-refractivity contribution in [2.45, 2.75) is 39.9 Å². The molecular formula is C13H23N3S. The Morgan fingerprint density at radius 1 is 1.12 bits per heavy atom. The van der Waals surface area contributed by atoms with E-state index in [4.69, 9.17) is 0 Å². The second-order valence-electron chi connectivity index (χ2n) is 4.03. The van der Waals surface area contributed by atoms with Gasteiger partial charge in [0, 0.05) is 11.4 Å². The van der Waals surface area contributed by atoms with Gasteiger partial charge in [0.25, 0.3) is 0 Å². The Labute approximate surface area is 109 Å². The first-order valence-electron chi connectivity index (χ1n) is 6.30. The molecule has 0 spiro atoms. The molecule has 1 aromatic rings. The van der Waals surface area contributed by atoms with Crippen molar-refractivity contribution in [2.75, 3.05) is 18.8 Å². The minimum Gasteiger partial charge on any atom is -0.317 e. The summed E-state index contributed by atoms with van der Waals surface area (Å²) in [6.45, 7) is 10.5. The van der Waals surface area contributed by atoms with E-state index >= 15 is 0 Å². The largest absolute Gasteiger partial charge is 0.317 e. The Morgan fingerprint density at radius 2 is 1.76 bits per heavy atom. The maximum atomic E-state index is 4.59. The van der Waals surface area contributed by atoms with Crippen molar-refractivity contribution in [2.24, 2.45) is 0 Å². The van der Waals surface area contributed by atoms with Crippen molar-refractivity contribution < 1.29 is 0 Å². The molecule has 0 aliphatic heterocycles. The van der Waals surface area contributed by atoms with Crippen LogP contribution in [0, 0.1) is 13.8 Å². The molecule has 0 aliphatic rings. The summed E-state index contributed by atoms with van der Waals surface area (Å²) < 4.78 is 0. The third-order valence-electron chi connectivity index (χ3n) is 2.70. The van der Waals surface area contributed by atoms with E-state index in [0.29, 0.717) is 0 Å². The predicted octanol–water partition coefficient (Wildman–Crippen LogP) is 2.50. The SMILES string of the molecule is CCNCCc1c(C)nc(CSCC)nc1C. The van der Waals surface area contributed by atoms with E-state index < -0.39 is 0 Å². The lowest BCUT2D eigenvalue weighted by molar-refractivity contribution is 0.706. The quantitative estimate of drug-likeness (QED) is 0.758. The molecule has 1 aromatic heterocycles. The Balaban J connectivity index is 2.72. The van der Waals surface area contributed by atoms with Crippen molar-refractivity contribution in [3.63, 3.8) is 0 Å². The molecule has 96 valence electrons. The predicted molar refractivity (Wildman–Crippen MR) is 75.6 cm³/mol. The number of nitrogens with zero attached hydrogens (tertiary/aromatic N) is 2. The molecular weight excluding hydrogens is 230 g/mol. The normalized spacial score (nSPS) is 10.8. The number of nitrogens with one attached hydrogen (secondary N) is 1. The van der Waals surface area contributed by atoms with Crippen LogP contribution < -0.4 is 5.32 Å². The van der Waals surface area contributed by atoms with Gasteiger partial charge in [-0.3, -0.25) is 0 Å². The summed E-state index contributed by atoms with van der Waals surface area (Å²) in [5.41, 5.74) is 3.58. The molecule has 1 rings (SSSR count). The summed E-state index contributed by atoms with van der Waals surface area (Å²) in [7, 11) is 0. The van der Waals surface area contributed by atoms with Gasteiger partial charge < -0.3 is 5.32 Å². The summed E-state index contributed by atoms with van der Waals surface area (Å²) in [4.78, 5) is 9.18. The molecule has 0 fully saturated rings. The maximum Gasteiger partial charge on any atom is 0.138 e. The third kappa shape index (κ3) is 4.64. The molecule has 0 radical (unpaired) electrons. The lowest BCUT2D eigenvalue weighted by Gasteiger charge is -2.10. The molecule has 0 bridgehead atoms. The van der Waals surface area contributed by atoms with Crippen LogP contribution in [-0.4, -0.2) is 28.8 Å². The minimum atomic E-state index is 0.922. The smallest absolute Gasteiger partial charge is 0.138 e. The van der Waals surface area contributed by atoms with E-state index in [1.54, 1.807) is 0 Å². The number of likely N-dealkylation sites (N-methyl/N-ethyl adjacent to an activating group) is 1. The first-order chi connectivity index (χ1) is 8.19. The molecule has 0 aromatic carbocycles. The van der Waals surface area contributed by atoms with Gasteiger partial charge in [-0.25, -0.2) is 9.97 Å². The summed E-state index contributed by atoms with van der Waals surface area (Å²) in [5.74, 6) is 3.01. The van der Waals surface area contributed by atoms with Crippen LogP contribution >= 0.6 is 11.8 Å². The lowest BCUT2D eigenvalue weighted by atomic mass is 10.1. The number of thioether (sulfide) groups is 1. The van der Waals surface area contributed by atoms with Crippen LogP contribution in [0.5, 0.6) is 0 Å². The van der Waals surface area contributed by atoms with Crippen LogP contribution in [-0.2, 0) is 12.2 Å². The highest BCUT2D eigenvalue weighted by Crippen LogP contribution is 2.14. The molecule has 0 aliphatic carbocycles. The topological polar surface area (TPSA) is 37.8 Å². The van der Waals surface area contributed by atoms with Gasteiger partial charge in [-0.2, -0.15) is 11.8 Å². The molecule has 0 amide bonds. The van der Waals surface area contributed by atoms with Crippen LogP contribution in [0.1, 0.15) is 36.6 Å². The highest BCUT2D eigenvalue weighted by atomic mass is 32.2. The fraction of sp³-hybridized carbons (Fsp3) is 0.692. The summed E-state index contributed by atoms with van der Waals surface area (Å²) in [6, 6.07) is 0. The maximum absolute atomic E-state index is 4.59. The second-order valence-corrected chi connectivity index (χ2v) is 5.30. The van der Waals surface area contributed by atoms with Crippen molar-refractivity contribution in [3.05, 3.63) is 22.8 Å². The number of hydrogen-bond acceptors (Lipinski definition) is 4. The van der Waals surface area contributed by atoms with Gasteiger partial charge in [0.05, 0.1) is 5.75 Å². The highest BCUT2D eigenvalue weighted by Gasteiger charge is 2.07. The fourth-order valence-corrected chi connectivity index (χ4v) is 2.33. The van der Waals surface area contributed by atoms with E-state index in [1.165, 1.54) is 5.56 Å².